The summed E-state index contributed by atoms with van der Waals surface area (Å²) in [6, 6.07) is 34.5. The number of aromatic nitrogens is 2. The number of carboxylic acid groups (broad SMARTS) is 3. The van der Waals surface area contributed by atoms with Gasteiger partial charge >= 0.3 is 17.9 Å². The van der Waals surface area contributed by atoms with Gasteiger partial charge in [-0.15, -0.1) is 34.3 Å². The minimum Gasteiger partial charge on any atom is -0.478 e. The molecule has 8 N–H and O–H groups in total. The molecular formula is C52H50ClN7O8S3. The van der Waals surface area contributed by atoms with Gasteiger partial charge < -0.3 is 41.7 Å². The van der Waals surface area contributed by atoms with Crippen LogP contribution in [-0.4, -0.2) is 85.3 Å². The van der Waals surface area contributed by atoms with Gasteiger partial charge in [0, 0.05) is 60.8 Å². The number of hydrogen-bond donors (Lipinski definition) is 6. The Morgan fingerprint density at radius 3 is 1.59 bits per heavy atom. The third kappa shape index (κ3) is 18.8. The summed E-state index contributed by atoms with van der Waals surface area (Å²) in [4.78, 5) is 59.1. The zero-order valence-corrected chi connectivity index (χ0v) is 41.4. The van der Waals surface area contributed by atoms with Crippen LogP contribution in [0.1, 0.15) is 85.1 Å². The predicted molar refractivity (Wildman–Crippen MR) is 282 cm³/mol. The standard InChI is InChI=1S/C22H24N4O2S.C12H10ClNO2S.C9H9NO2S.C9H7NO2/c23-19-3-1-2-4-20(19)25-22(27)17-7-5-16(6-8-17)13-21-24-18(15-29-21)14-26-9-11-28-12-10-26;13-6-10-7-17-11(14-10)5-8-1-3-9(4-2-8)12(15)16;10-8(13)5-6-1-3-7(4-2-6)9(11)12;1-10-6-7-2-4-8(5-3-7)9(11)12/h1-8,15H,9-14,23H2,(H,25,27);1-4,7H,5-6H2,(H,15,16);1-4H,5H2,(H2,10,13)(H,11,12);2-5H,6H2,(H,11,12). The van der Waals surface area contributed by atoms with Crippen molar-refractivity contribution in [1.82, 2.24) is 14.9 Å². The van der Waals surface area contributed by atoms with Crippen molar-refractivity contribution in [3.05, 3.63) is 209 Å². The number of benzene rings is 5. The first-order valence-electron chi connectivity index (χ1n) is 21.7. The minimum atomic E-state index is -0.940. The summed E-state index contributed by atoms with van der Waals surface area (Å²) < 4.78 is 5.39. The third-order valence-corrected chi connectivity index (χ3v) is 12.4. The van der Waals surface area contributed by atoms with E-state index in [4.69, 9.17) is 66.9 Å². The number of carbonyl (C=O) groups excluding carboxylic acids is 1. The van der Waals surface area contributed by atoms with Gasteiger partial charge in [0.25, 0.3) is 5.91 Å². The van der Waals surface area contributed by atoms with E-state index in [-0.39, 0.29) is 17.0 Å². The molecule has 0 unspecified atom stereocenters. The molecule has 1 aliphatic rings. The van der Waals surface area contributed by atoms with Gasteiger partial charge in [-0.25, -0.2) is 30.9 Å². The molecule has 1 saturated heterocycles. The van der Waals surface area contributed by atoms with Crippen LogP contribution >= 0.6 is 46.5 Å². The van der Waals surface area contributed by atoms with Crippen LogP contribution in [0.4, 0.5) is 11.4 Å². The number of nitrogens with two attached hydrogens (primary N) is 2. The number of nitrogens with zero attached hydrogens (tertiary/aromatic N) is 4. The smallest absolute Gasteiger partial charge is 0.335 e. The molecule has 1 amide bonds. The monoisotopic (exact) mass is 1030 g/mol. The molecule has 1 fully saturated rings. The van der Waals surface area contributed by atoms with Gasteiger partial charge in [-0.3, -0.25) is 9.69 Å². The Balaban J connectivity index is 0.000000190. The molecule has 7 aromatic rings. The van der Waals surface area contributed by atoms with Gasteiger partial charge in [0.2, 0.25) is 6.54 Å². The summed E-state index contributed by atoms with van der Waals surface area (Å²) in [6.45, 7) is 11.3. The molecule has 0 radical (unpaired) electrons. The number of thiocarbonyl (C=S) groups is 1. The van der Waals surface area contributed by atoms with E-state index in [0.717, 1.165) is 82.9 Å². The van der Waals surface area contributed by atoms with Crippen LogP contribution in [0, 0.1) is 6.57 Å². The second-order valence-electron chi connectivity index (χ2n) is 15.5. The summed E-state index contributed by atoms with van der Waals surface area (Å²) in [5, 5.41) is 34.9. The number of alkyl halides is 1. The first-order chi connectivity index (χ1) is 34.2. The summed E-state index contributed by atoms with van der Waals surface area (Å²) in [5.41, 5.74) is 19.8. The number of amides is 1. The number of nitrogens with one attached hydrogen (secondary N) is 1. The summed E-state index contributed by atoms with van der Waals surface area (Å²) in [7, 11) is 0. The van der Waals surface area contributed by atoms with Gasteiger partial charge in [-0.05, 0) is 77.4 Å². The van der Waals surface area contributed by atoms with Crippen LogP contribution < -0.4 is 16.8 Å². The Morgan fingerprint density at radius 1 is 0.690 bits per heavy atom. The van der Waals surface area contributed by atoms with Crippen LogP contribution in [0.5, 0.6) is 0 Å². The van der Waals surface area contributed by atoms with Crippen molar-refractivity contribution in [2.75, 3.05) is 37.4 Å². The summed E-state index contributed by atoms with van der Waals surface area (Å²) in [6.07, 6.45) is 1.98. The highest BCUT2D eigenvalue weighted by Gasteiger charge is 2.14. The molecule has 19 heteroatoms. The van der Waals surface area contributed by atoms with Crippen molar-refractivity contribution >= 4 is 86.7 Å². The second-order valence-corrected chi connectivity index (χ2v) is 18.2. The zero-order chi connectivity index (χ0) is 51.1. The first kappa shape index (κ1) is 54.6. The topological polar surface area (TPSA) is 236 Å². The molecular weight excluding hydrogens is 982 g/mol. The van der Waals surface area contributed by atoms with E-state index in [1.807, 2.05) is 53.9 Å². The molecule has 8 rings (SSSR count). The van der Waals surface area contributed by atoms with Crippen LogP contribution in [0.15, 0.2) is 132 Å². The molecule has 5 aromatic carbocycles. The van der Waals surface area contributed by atoms with Crippen molar-refractivity contribution in [3.63, 3.8) is 0 Å². The van der Waals surface area contributed by atoms with Gasteiger partial charge in [-0.2, -0.15) is 0 Å². The van der Waals surface area contributed by atoms with Gasteiger partial charge in [0.15, 0.2) is 0 Å². The number of aromatic carboxylic acids is 3. The molecule has 1 aliphatic heterocycles. The van der Waals surface area contributed by atoms with Gasteiger partial charge in [0.1, 0.15) is 0 Å². The molecule has 366 valence electrons. The Morgan fingerprint density at radius 2 is 1.14 bits per heavy atom. The quantitative estimate of drug-likeness (QED) is 0.0243. The lowest BCUT2D eigenvalue weighted by Crippen LogP contribution is -2.35. The van der Waals surface area contributed by atoms with Crippen LogP contribution in [0.2, 0.25) is 0 Å². The van der Waals surface area contributed by atoms with Crippen LogP contribution in [0.3, 0.4) is 0 Å². The average Bonchev–Trinajstić information content (AvgIpc) is 4.02. The van der Waals surface area contributed by atoms with E-state index >= 15 is 0 Å². The van der Waals surface area contributed by atoms with Crippen molar-refractivity contribution < 1.29 is 39.2 Å². The maximum Gasteiger partial charge on any atom is 0.335 e. The Bertz CT molecular complexity index is 2900. The molecule has 0 aliphatic carbocycles. The SMILES string of the molecule is NC(=S)Cc1ccc(C(=O)O)cc1.Nc1ccccc1NC(=O)c1ccc(Cc2nc(CN3CCOCC3)cs2)cc1.O=C(O)c1ccc(Cc2nc(CCl)cs2)cc1.[C-]#[N+]Cc1ccc(C(=O)O)cc1. The number of anilines is 2. The molecule has 0 saturated carbocycles. The molecule has 0 atom stereocenters. The molecule has 3 heterocycles. The number of nitrogen functional groups attached to an aromatic ring is 1. The molecule has 15 nitrogen and oxygen atoms in total. The molecule has 71 heavy (non-hydrogen) atoms. The summed E-state index contributed by atoms with van der Waals surface area (Å²) in [5.74, 6) is -2.52. The highest BCUT2D eigenvalue weighted by atomic mass is 35.5. The average molecular weight is 1030 g/mol. The summed E-state index contributed by atoms with van der Waals surface area (Å²) >= 11 is 13.7. The highest BCUT2D eigenvalue weighted by molar-refractivity contribution is 7.80. The fraction of sp³-hybridized carbons (Fsp3) is 0.192. The number of carbonyl (C=O) groups is 4. The first-order valence-corrected chi connectivity index (χ1v) is 24.5. The molecule has 2 aromatic heterocycles. The van der Waals surface area contributed by atoms with Crippen LogP contribution in [-0.2, 0) is 43.0 Å². The van der Waals surface area contributed by atoms with E-state index in [1.165, 1.54) is 24.3 Å². The van der Waals surface area contributed by atoms with E-state index in [1.54, 1.807) is 71.2 Å². The largest absolute Gasteiger partial charge is 0.478 e. The van der Waals surface area contributed by atoms with Crippen molar-refractivity contribution in [2.24, 2.45) is 5.73 Å². The Kier molecular flexibility index (Phi) is 21.8. The van der Waals surface area contributed by atoms with Crippen molar-refractivity contribution in [3.8, 4) is 0 Å². The Hall–Kier alpha value is -7.37. The third-order valence-electron chi connectivity index (χ3n) is 10.2. The van der Waals surface area contributed by atoms with Crippen molar-refractivity contribution in [2.45, 2.75) is 38.2 Å². The second kappa shape index (κ2) is 28.3. The molecule has 0 bridgehead atoms. The van der Waals surface area contributed by atoms with Crippen LogP contribution in [0.25, 0.3) is 4.85 Å². The number of hydrogen-bond acceptors (Lipinski definition) is 12. The number of halogens is 1. The van der Waals surface area contributed by atoms with E-state index in [9.17, 15) is 19.2 Å². The number of ether oxygens (including phenoxy) is 1. The lowest BCUT2D eigenvalue weighted by Gasteiger charge is -2.25. The fourth-order valence-electron chi connectivity index (χ4n) is 6.49. The maximum absolute atomic E-state index is 12.4. The van der Waals surface area contributed by atoms with Gasteiger partial charge in [-0.1, -0.05) is 72.9 Å². The van der Waals surface area contributed by atoms with Gasteiger partial charge in [0.05, 0.1) is 73.6 Å². The minimum absolute atomic E-state index is 0.170. The highest BCUT2D eigenvalue weighted by Crippen LogP contribution is 2.21. The maximum atomic E-state index is 12.4. The number of morpholine rings is 1. The number of rotatable bonds is 15. The fourth-order valence-corrected chi connectivity index (χ4v) is 8.53. The lowest BCUT2D eigenvalue weighted by molar-refractivity contribution is 0.0337. The molecule has 0 spiro atoms. The zero-order valence-electron chi connectivity index (χ0n) is 38.2. The van der Waals surface area contributed by atoms with Crippen molar-refractivity contribution in [1.29, 1.82) is 0 Å². The number of para-hydroxylation sites is 2. The van der Waals surface area contributed by atoms with E-state index in [0.29, 0.717) is 52.8 Å². The van der Waals surface area contributed by atoms with E-state index in [2.05, 4.69) is 25.4 Å². The Labute approximate surface area is 429 Å². The number of thiazole rings is 2. The number of carboxylic acids is 3. The lowest BCUT2D eigenvalue weighted by atomic mass is 10.1. The predicted octanol–water partition coefficient (Wildman–Crippen LogP) is 9.59. The van der Waals surface area contributed by atoms with E-state index < -0.39 is 17.9 Å². The normalized spacial score (nSPS) is 11.7.